The number of carbonyl (C=O) groups is 2. The molecule has 1 aliphatic carbocycles. The summed E-state index contributed by atoms with van der Waals surface area (Å²) in [6.07, 6.45) is 7.32. The Balaban J connectivity index is 1.75. The number of nitrogens with one attached hydrogen (secondary N) is 1. The topological polar surface area (TPSA) is 51.1 Å². The highest BCUT2D eigenvalue weighted by atomic mass is 16.2. The fourth-order valence-corrected chi connectivity index (χ4v) is 3.44. The van der Waals surface area contributed by atoms with Crippen molar-refractivity contribution < 1.29 is 9.59 Å². The predicted octanol–water partition coefficient (Wildman–Crippen LogP) is 3.15. The molecule has 4 nitrogen and oxygen atoms in total. The van der Waals surface area contributed by atoms with Crippen molar-refractivity contribution >= 4 is 23.1 Å². The summed E-state index contributed by atoms with van der Waals surface area (Å²) in [5.41, 5.74) is 1.56. The number of benzene rings is 1. The van der Waals surface area contributed by atoms with Crippen LogP contribution in [-0.4, -0.2) is 22.8 Å². The van der Waals surface area contributed by atoms with Gasteiger partial charge in [-0.05, 0) is 24.8 Å². The smallest absolute Gasteiger partial charge is 0.240 e. The van der Waals surface area contributed by atoms with Gasteiger partial charge in [0, 0.05) is 28.7 Å². The first-order valence-electron chi connectivity index (χ1n) is 8.01. The van der Waals surface area contributed by atoms with Crippen molar-refractivity contribution in [1.29, 1.82) is 0 Å². The van der Waals surface area contributed by atoms with Crippen molar-refractivity contribution in [2.45, 2.75) is 45.2 Å². The molecule has 3 rings (SSSR count). The molecular formula is C18H22N2O2. The van der Waals surface area contributed by atoms with Gasteiger partial charge in [0.15, 0.2) is 6.29 Å². The quantitative estimate of drug-likeness (QED) is 0.882. The standard InChI is InChI=1S/C18H22N2O2/c1-13-6-2-4-8-16(13)19-18(22)11-20-10-14(12-21)15-7-3-5-9-17(15)20/h3,5,7,9-10,12-13,16H,2,4,6,8,11H2,1H3,(H,19,22)/t13-,16+/m0/s1. The molecule has 2 aromatic rings. The maximum atomic E-state index is 12.3. The first kappa shape index (κ1) is 14.8. The molecule has 1 aromatic carbocycles. The van der Waals surface area contributed by atoms with Crippen molar-refractivity contribution in [2.75, 3.05) is 0 Å². The minimum Gasteiger partial charge on any atom is -0.352 e. The summed E-state index contributed by atoms with van der Waals surface area (Å²) in [5, 5.41) is 4.06. The summed E-state index contributed by atoms with van der Waals surface area (Å²) in [6.45, 7) is 2.47. The summed E-state index contributed by atoms with van der Waals surface area (Å²) in [7, 11) is 0. The van der Waals surface area contributed by atoms with Crippen molar-refractivity contribution in [1.82, 2.24) is 9.88 Å². The third kappa shape index (κ3) is 2.91. The molecule has 0 unspecified atom stereocenters. The van der Waals surface area contributed by atoms with E-state index in [1.165, 1.54) is 19.3 Å². The maximum absolute atomic E-state index is 12.3. The first-order valence-corrected chi connectivity index (χ1v) is 8.01. The molecule has 1 fully saturated rings. The Labute approximate surface area is 130 Å². The van der Waals surface area contributed by atoms with Gasteiger partial charge in [-0.2, -0.15) is 0 Å². The lowest BCUT2D eigenvalue weighted by Gasteiger charge is -2.29. The molecule has 1 saturated carbocycles. The van der Waals surface area contributed by atoms with Gasteiger partial charge in [0.05, 0.1) is 0 Å². The zero-order valence-electron chi connectivity index (χ0n) is 12.9. The minimum absolute atomic E-state index is 0.0250. The van der Waals surface area contributed by atoms with Gasteiger partial charge >= 0.3 is 0 Å². The zero-order valence-corrected chi connectivity index (χ0v) is 12.9. The van der Waals surface area contributed by atoms with Crippen molar-refractivity contribution in [3.05, 3.63) is 36.0 Å². The van der Waals surface area contributed by atoms with Crippen LogP contribution in [0.25, 0.3) is 10.9 Å². The Kier molecular flexibility index (Phi) is 4.27. The molecule has 0 bridgehead atoms. The highest BCUT2D eigenvalue weighted by molar-refractivity contribution is 5.98. The van der Waals surface area contributed by atoms with E-state index in [0.29, 0.717) is 11.5 Å². The van der Waals surface area contributed by atoms with E-state index in [4.69, 9.17) is 0 Å². The number of nitrogens with zero attached hydrogens (tertiary/aromatic N) is 1. The third-order valence-electron chi connectivity index (χ3n) is 4.72. The van der Waals surface area contributed by atoms with E-state index >= 15 is 0 Å². The monoisotopic (exact) mass is 298 g/mol. The van der Waals surface area contributed by atoms with E-state index in [1.54, 1.807) is 6.20 Å². The second kappa shape index (κ2) is 6.34. The molecule has 0 spiro atoms. The van der Waals surface area contributed by atoms with Crippen LogP contribution < -0.4 is 5.32 Å². The van der Waals surface area contributed by atoms with Gasteiger partial charge < -0.3 is 9.88 Å². The number of rotatable bonds is 4. The number of aromatic nitrogens is 1. The van der Waals surface area contributed by atoms with Crippen LogP contribution in [0, 0.1) is 5.92 Å². The Morgan fingerprint density at radius 2 is 2.09 bits per heavy atom. The lowest BCUT2D eigenvalue weighted by Crippen LogP contribution is -2.42. The zero-order chi connectivity index (χ0) is 15.5. The molecule has 116 valence electrons. The number of fused-ring (bicyclic) bond motifs is 1. The number of amides is 1. The average Bonchev–Trinajstić information content (AvgIpc) is 2.88. The van der Waals surface area contributed by atoms with Gasteiger partial charge in [0.2, 0.25) is 5.91 Å². The molecule has 0 radical (unpaired) electrons. The molecule has 0 aliphatic heterocycles. The molecule has 2 atom stereocenters. The predicted molar refractivity (Wildman–Crippen MR) is 86.9 cm³/mol. The molecule has 22 heavy (non-hydrogen) atoms. The Hall–Kier alpha value is -2.10. The number of hydrogen-bond acceptors (Lipinski definition) is 2. The van der Waals surface area contributed by atoms with Gasteiger partial charge in [-0.25, -0.2) is 0 Å². The van der Waals surface area contributed by atoms with Crippen LogP contribution >= 0.6 is 0 Å². The average molecular weight is 298 g/mol. The molecule has 1 aliphatic rings. The van der Waals surface area contributed by atoms with Gasteiger partial charge in [-0.1, -0.05) is 38.0 Å². The second-order valence-electron chi connectivity index (χ2n) is 6.28. The molecule has 1 amide bonds. The lowest BCUT2D eigenvalue weighted by molar-refractivity contribution is -0.122. The molecule has 4 heteroatoms. The summed E-state index contributed by atoms with van der Waals surface area (Å²) < 4.78 is 1.86. The number of aldehydes is 1. The maximum Gasteiger partial charge on any atom is 0.240 e. The largest absolute Gasteiger partial charge is 0.352 e. The van der Waals surface area contributed by atoms with Gasteiger partial charge in [0.1, 0.15) is 6.54 Å². The number of para-hydroxylation sites is 1. The van der Waals surface area contributed by atoms with E-state index in [-0.39, 0.29) is 18.5 Å². The molecule has 0 saturated heterocycles. The van der Waals surface area contributed by atoms with Crippen LogP contribution in [0.4, 0.5) is 0 Å². The summed E-state index contributed by atoms with van der Waals surface area (Å²) >= 11 is 0. The summed E-state index contributed by atoms with van der Waals surface area (Å²) in [6, 6.07) is 7.97. The van der Waals surface area contributed by atoms with Crippen LogP contribution in [0.3, 0.4) is 0 Å². The van der Waals surface area contributed by atoms with Gasteiger partial charge in [-0.15, -0.1) is 0 Å². The highest BCUT2D eigenvalue weighted by Gasteiger charge is 2.23. The summed E-state index contributed by atoms with van der Waals surface area (Å²) in [5.74, 6) is 0.571. The van der Waals surface area contributed by atoms with Crippen molar-refractivity contribution in [2.24, 2.45) is 5.92 Å². The summed E-state index contributed by atoms with van der Waals surface area (Å²) in [4.78, 5) is 23.5. The molecule has 1 heterocycles. The normalized spacial score (nSPS) is 21.7. The molecule has 1 N–H and O–H groups in total. The van der Waals surface area contributed by atoms with Gasteiger partial charge in [-0.3, -0.25) is 9.59 Å². The van der Waals surface area contributed by atoms with Crippen LogP contribution in [0.5, 0.6) is 0 Å². The van der Waals surface area contributed by atoms with E-state index in [1.807, 2.05) is 28.8 Å². The van der Waals surface area contributed by atoms with Crippen LogP contribution in [0.1, 0.15) is 43.0 Å². The Morgan fingerprint density at radius 1 is 1.32 bits per heavy atom. The highest BCUT2D eigenvalue weighted by Crippen LogP contribution is 2.24. The third-order valence-corrected chi connectivity index (χ3v) is 4.72. The van der Waals surface area contributed by atoms with Crippen LogP contribution in [0.15, 0.2) is 30.5 Å². The number of carbonyl (C=O) groups excluding carboxylic acids is 2. The Morgan fingerprint density at radius 3 is 2.86 bits per heavy atom. The van der Waals surface area contributed by atoms with E-state index in [9.17, 15) is 9.59 Å². The first-order chi connectivity index (χ1) is 10.7. The number of hydrogen-bond donors (Lipinski definition) is 1. The fourth-order valence-electron chi connectivity index (χ4n) is 3.44. The van der Waals surface area contributed by atoms with Gasteiger partial charge in [0.25, 0.3) is 0 Å². The van der Waals surface area contributed by atoms with Crippen LogP contribution in [0.2, 0.25) is 0 Å². The lowest BCUT2D eigenvalue weighted by atomic mass is 9.86. The van der Waals surface area contributed by atoms with Crippen molar-refractivity contribution in [3.63, 3.8) is 0 Å². The molecular weight excluding hydrogens is 276 g/mol. The fraction of sp³-hybridized carbons (Fsp3) is 0.444. The Bertz CT molecular complexity index is 689. The van der Waals surface area contributed by atoms with Crippen LogP contribution in [-0.2, 0) is 11.3 Å². The second-order valence-corrected chi connectivity index (χ2v) is 6.28. The SMILES string of the molecule is C[C@H]1CCCC[C@H]1NC(=O)Cn1cc(C=O)c2ccccc21. The van der Waals surface area contributed by atoms with E-state index < -0.39 is 0 Å². The van der Waals surface area contributed by atoms with E-state index in [0.717, 1.165) is 23.6 Å². The minimum atomic E-state index is 0.0250. The van der Waals surface area contributed by atoms with Crippen molar-refractivity contribution in [3.8, 4) is 0 Å². The van der Waals surface area contributed by atoms with E-state index in [2.05, 4.69) is 12.2 Å². The molecule has 1 aromatic heterocycles.